The Morgan fingerprint density at radius 3 is 2.90 bits per heavy atom. The highest BCUT2D eigenvalue weighted by molar-refractivity contribution is 5.81. The summed E-state index contributed by atoms with van der Waals surface area (Å²) in [7, 11) is 0. The third kappa shape index (κ3) is 2.58. The van der Waals surface area contributed by atoms with Crippen molar-refractivity contribution in [1.82, 2.24) is 5.32 Å². The van der Waals surface area contributed by atoms with E-state index in [1.54, 1.807) is 27.0 Å². The van der Waals surface area contributed by atoms with Crippen LogP contribution in [-0.2, 0) is 0 Å². The molecule has 5 nitrogen and oxygen atoms in total. The molecule has 0 radical (unpaired) electrons. The van der Waals surface area contributed by atoms with Crippen molar-refractivity contribution >= 4 is 5.84 Å². The van der Waals surface area contributed by atoms with Gasteiger partial charge < -0.3 is 9.84 Å². The number of nitrogens with one attached hydrogen (secondary N) is 1. The third-order valence-electron chi connectivity index (χ3n) is 3.24. The van der Waals surface area contributed by atoms with E-state index in [-0.39, 0.29) is 0 Å². The number of ether oxygens (including phenoxy) is 1. The van der Waals surface area contributed by atoms with Crippen molar-refractivity contribution in [3.63, 3.8) is 0 Å². The number of fused-ring (bicyclic) bond motifs is 1. The molecule has 2 atom stereocenters. The Kier molecular flexibility index (Phi) is 3.64. The lowest BCUT2D eigenvalue weighted by molar-refractivity contribution is -0.0568. The molecule has 0 aromatic heterocycles. The van der Waals surface area contributed by atoms with Crippen molar-refractivity contribution in [2.75, 3.05) is 0 Å². The minimum Gasteiger partial charge on any atom is -0.485 e. The molecule has 1 heterocycles. The monoisotopic (exact) mass is 277 g/mol. The Morgan fingerprint density at radius 1 is 1.55 bits per heavy atom. The number of aliphatic imine (C=N–C) groups is 1. The van der Waals surface area contributed by atoms with Crippen LogP contribution in [0.4, 0.5) is 4.39 Å². The van der Waals surface area contributed by atoms with Crippen LogP contribution < -0.4 is 10.1 Å². The third-order valence-corrected chi connectivity index (χ3v) is 3.24. The van der Waals surface area contributed by atoms with Gasteiger partial charge in [0.05, 0.1) is 0 Å². The second-order valence-corrected chi connectivity index (χ2v) is 5.23. The van der Waals surface area contributed by atoms with Crippen molar-refractivity contribution in [2.45, 2.75) is 38.5 Å². The zero-order valence-corrected chi connectivity index (χ0v) is 11.5. The summed E-state index contributed by atoms with van der Waals surface area (Å²) in [6.07, 6.45) is 0.809. The topological polar surface area (TPSA) is 77.6 Å². The van der Waals surface area contributed by atoms with Gasteiger partial charge in [0.25, 0.3) is 0 Å². The van der Waals surface area contributed by atoms with Crippen LogP contribution in [0.1, 0.15) is 32.4 Å². The molecule has 1 aromatic rings. The number of nitriles is 1. The van der Waals surface area contributed by atoms with Gasteiger partial charge in [-0.25, -0.2) is 4.39 Å². The van der Waals surface area contributed by atoms with E-state index in [1.807, 2.05) is 0 Å². The summed E-state index contributed by atoms with van der Waals surface area (Å²) < 4.78 is 19.1. The number of amidine groups is 1. The molecule has 20 heavy (non-hydrogen) atoms. The summed E-state index contributed by atoms with van der Waals surface area (Å²) in [5, 5.41) is 21.4. The van der Waals surface area contributed by atoms with E-state index in [1.165, 1.54) is 18.2 Å². The maximum absolute atomic E-state index is 13.4. The molecule has 0 saturated carbocycles. The predicted octanol–water partition coefficient (Wildman–Crippen LogP) is 1.89. The first-order valence-electron chi connectivity index (χ1n) is 6.21. The van der Waals surface area contributed by atoms with Gasteiger partial charge >= 0.3 is 0 Å². The summed E-state index contributed by atoms with van der Waals surface area (Å²) >= 11 is 0. The lowest BCUT2D eigenvalue weighted by atomic mass is 9.87. The summed E-state index contributed by atoms with van der Waals surface area (Å²) in [4.78, 5) is 4.27. The van der Waals surface area contributed by atoms with E-state index in [0.717, 1.165) is 0 Å². The van der Waals surface area contributed by atoms with Gasteiger partial charge in [0, 0.05) is 5.56 Å². The van der Waals surface area contributed by atoms with E-state index in [9.17, 15) is 9.50 Å². The SMILES string of the molecule is CC(=N[C@@H]1c2cc(F)ccc2OC(C)(C)[C@H]1O)NC#N. The highest BCUT2D eigenvalue weighted by Crippen LogP contribution is 2.42. The van der Waals surface area contributed by atoms with Gasteiger partial charge in [-0.2, -0.15) is 5.26 Å². The molecule has 0 amide bonds. The molecule has 0 bridgehead atoms. The number of hydrogen-bond donors (Lipinski definition) is 2. The first-order valence-corrected chi connectivity index (χ1v) is 6.21. The van der Waals surface area contributed by atoms with Gasteiger partial charge in [-0.3, -0.25) is 10.3 Å². The Balaban J connectivity index is 2.51. The van der Waals surface area contributed by atoms with Crippen molar-refractivity contribution in [1.29, 1.82) is 5.26 Å². The van der Waals surface area contributed by atoms with Gasteiger partial charge in [-0.1, -0.05) is 0 Å². The Morgan fingerprint density at radius 2 is 2.25 bits per heavy atom. The van der Waals surface area contributed by atoms with E-state index in [4.69, 9.17) is 10.00 Å². The van der Waals surface area contributed by atoms with Crippen molar-refractivity contribution in [3.8, 4) is 11.9 Å². The van der Waals surface area contributed by atoms with E-state index in [0.29, 0.717) is 17.1 Å². The van der Waals surface area contributed by atoms with E-state index in [2.05, 4.69) is 10.3 Å². The molecule has 2 rings (SSSR count). The fourth-order valence-corrected chi connectivity index (χ4v) is 2.20. The second-order valence-electron chi connectivity index (χ2n) is 5.23. The zero-order chi connectivity index (χ0) is 14.9. The Bertz CT molecular complexity index is 593. The molecule has 106 valence electrons. The molecular formula is C14H16FN3O2. The standard InChI is InChI=1S/C14H16FN3O2/c1-8(17-7-16)18-12-10-6-9(15)4-5-11(10)20-14(2,3)13(12)19/h4-6,12-13,19H,1-3H3,(H,17,18)/t12-,13+/m1/s1. The predicted molar refractivity (Wildman–Crippen MR) is 71.7 cm³/mol. The molecule has 0 spiro atoms. The molecule has 2 N–H and O–H groups in total. The summed E-state index contributed by atoms with van der Waals surface area (Å²) in [6, 6.07) is 3.42. The average molecular weight is 277 g/mol. The molecule has 1 aromatic carbocycles. The zero-order valence-electron chi connectivity index (χ0n) is 11.5. The smallest absolute Gasteiger partial charge is 0.182 e. The van der Waals surface area contributed by atoms with Crippen molar-refractivity contribution in [3.05, 3.63) is 29.6 Å². The van der Waals surface area contributed by atoms with E-state index >= 15 is 0 Å². The number of nitrogens with zero attached hydrogens (tertiary/aromatic N) is 2. The van der Waals surface area contributed by atoms with Crippen LogP contribution in [0.15, 0.2) is 23.2 Å². The van der Waals surface area contributed by atoms with Crippen LogP contribution >= 0.6 is 0 Å². The lowest BCUT2D eigenvalue weighted by Gasteiger charge is -2.40. The van der Waals surface area contributed by atoms with Crippen LogP contribution in [0.25, 0.3) is 0 Å². The minimum atomic E-state index is -0.952. The molecule has 6 heteroatoms. The van der Waals surface area contributed by atoms with Crippen molar-refractivity contribution < 1.29 is 14.2 Å². The fraction of sp³-hybridized carbons (Fsp3) is 0.429. The molecule has 0 unspecified atom stereocenters. The quantitative estimate of drug-likeness (QED) is 0.355. The largest absolute Gasteiger partial charge is 0.485 e. The van der Waals surface area contributed by atoms with Crippen LogP contribution in [-0.4, -0.2) is 22.6 Å². The van der Waals surface area contributed by atoms with Gasteiger partial charge in [0.15, 0.2) is 6.19 Å². The van der Waals surface area contributed by atoms with Gasteiger partial charge in [-0.15, -0.1) is 0 Å². The minimum absolute atomic E-state index is 0.351. The Hall–Kier alpha value is -2.13. The summed E-state index contributed by atoms with van der Waals surface area (Å²) in [6.45, 7) is 5.08. The Labute approximate surface area is 116 Å². The number of hydrogen-bond acceptors (Lipinski definition) is 4. The van der Waals surface area contributed by atoms with Gasteiger partial charge in [0.2, 0.25) is 0 Å². The maximum atomic E-state index is 13.4. The highest BCUT2D eigenvalue weighted by Gasteiger charge is 2.43. The maximum Gasteiger partial charge on any atom is 0.182 e. The van der Waals surface area contributed by atoms with Gasteiger partial charge in [0.1, 0.15) is 35.1 Å². The number of aliphatic hydroxyl groups excluding tert-OH is 1. The van der Waals surface area contributed by atoms with Gasteiger partial charge in [-0.05, 0) is 39.0 Å². The molecule has 1 aliphatic heterocycles. The molecule has 0 aliphatic carbocycles. The molecular weight excluding hydrogens is 261 g/mol. The number of aliphatic hydroxyl groups is 1. The molecule has 0 saturated heterocycles. The number of halogens is 1. The van der Waals surface area contributed by atoms with Crippen molar-refractivity contribution in [2.24, 2.45) is 4.99 Å². The van der Waals surface area contributed by atoms with E-state index < -0.39 is 23.6 Å². The molecule has 1 aliphatic rings. The number of benzene rings is 1. The van der Waals surface area contributed by atoms with Crippen LogP contribution in [0, 0.1) is 17.3 Å². The second kappa shape index (κ2) is 5.10. The first-order chi connectivity index (χ1) is 9.35. The normalized spacial score (nSPS) is 24.3. The molecule has 0 fully saturated rings. The fourth-order valence-electron chi connectivity index (χ4n) is 2.20. The van der Waals surface area contributed by atoms with Crippen LogP contribution in [0.5, 0.6) is 5.75 Å². The number of rotatable bonds is 1. The first kappa shape index (κ1) is 14.3. The average Bonchev–Trinajstić information content (AvgIpc) is 2.36. The summed E-state index contributed by atoms with van der Waals surface area (Å²) in [5.41, 5.74) is -0.387. The summed E-state index contributed by atoms with van der Waals surface area (Å²) in [5.74, 6) is 0.412. The highest BCUT2D eigenvalue weighted by atomic mass is 19.1. The lowest BCUT2D eigenvalue weighted by Crippen LogP contribution is -2.48. The van der Waals surface area contributed by atoms with Crippen LogP contribution in [0.3, 0.4) is 0 Å². The van der Waals surface area contributed by atoms with Crippen LogP contribution in [0.2, 0.25) is 0 Å².